The van der Waals surface area contributed by atoms with E-state index in [0.717, 1.165) is 12.8 Å². The molecule has 1 saturated carbocycles. The normalized spacial score (nSPS) is 27.6. The molecule has 1 unspecified atom stereocenters. The largest absolute Gasteiger partial charge is 0.480 e. The van der Waals surface area contributed by atoms with Gasteiger partial charge in [-0.2, -0.15) is 0 Å². The van der Waals surface area contributed by atoms with Crippen LogP contribution in [-0.2, 0) is 16.0 Å². The van der Waals surface area contributed by atoms with Crippen molar-refractivity contribution in [1.82, 2.24) is 5.32 Å². The van der Waals surface area contributed by atoms with Crippen molar-refractivity contribution in [2.75, 3.05) is 0 Å². The molecule has 1 fully saturated rings. The molecule has 4 nitrogen and oxygen atoms in total. The van der Waals surface area contributed by atoms with Gasteiger partial charge in [0.1, 0.15) is 6.02 Å². The van der Waals surface area contributed by atoms with Crippen molar-refractivity contribution >= 4 is 11.9 Å². The van der Waals surface area contributed by atoms with E-state index >= 15 is 0 Å². The smallest absolute Gasteiger partial charge is 0.326 e. The Labute approximate surface area is 146 Å². The number of aliphatic carboxylic acids is 1. The summed E-state index contributed by atoms with van der Waals surface area (Å²) in [6.45, 7) is 4.26. The molecule has 4 heteroatoms. The van der Waals surface area contributed by atoms with E-state index in [-0.39, 0.29) is 5.56 Å². The van der Waals surface area contributed by atoms with Crippen LogP contribution in [0.2, 0.25) is 0 Å². The minimum Gasteiger partial charge on any atom is -0.480 e. The summed E-state index contributed by atoms with van der Waals surface area (Å²) >= 11 is 0. The van der Waals surface area contributed by atoms with Crippen molar-refractivity contribution in [3.05, 3.63) is 35.8 Å². The first kappa shape index (κ1) is 10.8. The average Bonchev–Trinajstić information content (AvgIpc) is 2.68. The highest BCUT2D eigenvalue weighted by Crippen LogP contribution is 2.33. The molecule has 1 atom stereocenters. The Bertz CT molecular complexity index is 779. The van der Waals surface area contributed by atoms with Crippen LogP contribution in [0.4, 0.5) is 0 Å². The lowest BCUT2D eigenvalue weighted by molar-refractivity contribution is -0.142. The van der Waals surface area contributed by atoms with Crippen LogP contribution in [-0.4, -0.2) is 23.0 Å². The van der Waals surface area contributed by atoms with Crippen molar-refractivity contribution in [2.24, 2.45) is 17.8 Å². The average molecular weight is 323 g/mol. The van der Waals surface area contributed by atoms with Gasteiger partial charge in [-0.05, 0) is 43.1 Å². The summed E-state index contributed by atoms with van der Waals surface area (Å²) in [6, 6.07) is -5.47. The lowest BCUT2D eigenvalue weighted by atomic mass is 9.76. The first-order valence-corrected chi connectivity index (χ1v) is 8.00. The van der Waals surface area contributed by atoms with Crippen LogP contribution in [0.1, 0.15) is 53.3 Å². The summed E-state index contributed by atoms with van der Waals surface area (Å²) in [5, 5.41) is 11.8. The molecule has 0 radical (unpaired) electrons. The highest BCUT2D eigenvalue weighted by atomic mass is 16.4. The van der Waals surface area contributed by atoms with E-state index in [0.29, 0.717) is 24.7 Å². The van der Waals surface area contributed by atoms with E-state index in [1.165, 1.54) is 0 Å². The molecule has 1 amide bonds. The van der Waals surface area contributed by atoms with Crippen LogP contribution in [0, 0.1) is 17.8 Å². The number of benzene rings is 1. The zero-order chi connectivity index (χ0) is 22.1. The Morgan fingerprint density at radius 1 is 1.26 bits per heavy atom. The number of carboxylic acids is 1. The number of hydrogen-bond donors (Lipinski definition) is 2. The van der Waals surface area contributed by atoms with E-state index in [1.807, 2.05) is 0 Å². The topological polar surface area (TPSA) is 66.4 Å². The predicted octanol–water partition coefficient (Wildman–Crippen LogP) is 3.26. The number of rotatable bonds is 6. The molecule has 2 N–H and O–H groups in total. The first-order chi connectivity index (χ1) is 13.4. The van der Waals surface area contributed by atoms with Gasteiger partial charge in [0, 0.05) is 12.3 Å². The number of carbonyl (C=O) groups is 2. The Morgan fingerprint density at radius 2 is 1.87 bits per heavy atom. The Kier molecular flexibility index (Phi) is 3.84. The number of hydrogen-bond acceptors (Lipinski definition) is 2. The molecule has 0 aromatic heterocycles. The maximum Gasteiger partial charge on any atom is 0.326 e. The van der Waals surface area contributed by atoms with E-state index in [2.05, 4.69) is 19.2 Å². The van der Waals surface area contributed by atoms with E-state index in [9.17, 15) is 14.7 Å². The predicted molar refractivity (Wildman–Crippen MR) is 90.0 cm³/mol. The van der Waals surface area contributed by atoms with E-state index in [1.54, 1.807) is 0 Å². The second-order valence-electron chi connectivity index (χ2n) is 6.41. The molecular weight excluding hydrogens is 290 g/mol. The minimum atomic E-state index is -2.53. The van der Waals surface area contributed by atoms with Crippen LogP contribution in [0.3, 0.4) is 0 Å². The molecule has 0 heterocycles. The third-order valence-corrected chi connectivity index (χ3v) is 4.52. The fourth-order valence-corrected chi connectivity index (χ4v) is 3.01. The highest BCUT2D eigenvalue weighted by Gasteiger charge is 2.30. The van der Waals surface area contributed by atoms with Crippen LogP contribution in [0.5, 0.6) is 0 Å². The maximum absolute atomic E-state index is 12.7. The highest BCUT2D eigenvalue weighted by molar-refractivity contribution is 5.85. The zero-order valence-electron chi connectivity index (χ0n) is 19.5. The lowest BCUT2D eigenvalue weighted by Crippen LogP contribution is -2.45. The third-order valence-electron chi connectivity index (χ3n) is 4.52. The van der Waals surface area contributed by atoms with Gasteiger partial charge in [0.25, 0.3) is 0 Å². The molecule has 1 aliphatic rings. The summed E-state index contributed by atoms with van der Waals surface area (Å²) in [5.74, 6) is -1.55. The van der Waals surface area contributed by atoms with Gasteiger partial charge >= 0.3 is 5.97 Å². The first-order valence-electron chi connectivity index (χ1n) is 11.0. The number of nitrogens with one attached hydrogen (secondary N) is 1. The van der Waals surface area contributed by atoms with Gasteiger partial charge in [-0.25, -0.2) is 4.79 Å². The standard InChI is InChI=1S/C19H27NO3/c1-13(2)15-8-10-16(11-9-15)18(21)20-17(19(22)23)12-14-6-4-3-5-7-14/h3-7,13,15-17H,8-12H2,1-2H3,(H,20,21)(H,22,23)/i3D,4D,5D,6D,7D,17D. The van der Waals surface area contributed by atoms with Crippen LogP contribution < -0.4 is 5.32 Å². The Hall–Kier alpha value is -1.84. The number of carboxylic acid groups (broad SMARTS) is 1. The summed E-state index contributed by atoms with van der Waals surface area (Å²) in [4.78, 5) is 24.4. The van der Waals surface area contributed by atoms with Gasteiger partial charge in [0.15, 0.2) is 0 Å². The summed E-state index contributed by atoms with van der Waals surface area (Å²) in [6.07, 6.45) is 2.21. The molecule has 23 heavy (non-hydrogen) atoms. The molecule has 0 spiro atoms. The van der Waals surface area contributed by atoms with Gasteiger partial charge in [-0.1, -0.05) is 44.1 Å². The van der Waals surface area contributed by atoms with Crippen molar-refractivity contribution < 1.29 is 22.9 Å². The lowest BCUT2D eigenvalue weighted by Gasteiger charge is -2.30. The van der Waals surface area contributed by atoms with Gasteiger partial charge in [-0.15, -0.1) is 0 Å². The fourth-order valence-electron chi connectivity index (χ4n) is 3.01. The van der Waals surface area contributed by atoms with E-state index in [4.69, 9.17) is 8.22 Å². The summed E-state index contributed by atoms with van der Waals surface area (Å²) in [5.41, 5.74) is -0.308. The molecule has 1 aromatic rings. The van der Waals surface area contributed by atoms with Gasteiger partial charge in [0.05, 0.1) is 8.22 Å². The fraction of sp³-hybridized carbons (Fsp3) is 0.579. The van der Waals surface area contributed by atoms with E-state index < -0.39 is 60.4 Å². The van der Waals surface area contributed by atoms with Crippen molar-refractivity contribution in [3.8, 4) is 0 Å². The summed E-state index contributed by atoms with van der Waals surface area (Å²) < 4.78 is 47.2. The molecule has 126 valence electrons. The van der Waals surface area contributed by atoms with Gasteiger partial charge < -0.3 is 10.4 Å². The zero-order valence-corrected chi connectivity index (χ0v) is 13.5. The van der Waals surface area contributed by atoms with Crippen LogP contribution in [0.25, 0.3) is 0 Å². The van der Waals surface area contributed by atoms with Gasteiger partial charge in [0.2, 0.25) is 5.91 Å². The van der Waals surface area contributed by atoms with Crippen molar-refractivity contribution in [1.29, 1.82) is 0 Å². The summed E-state index contributed by atoms with van der Waals surface area (Å²) in [7, 11) is 0. The molecule has 0 saturated heterocycles. The SMILES string of the molecule is [2H]c1c([2H])c([2H])c(CC([2H])(NC(=O)C2CCC(C(C)C)CC2)C(=O)O)c([2H])c1[2H]. The maximum atomic E-state index is 12.7. The minimum absolute atomic E-state index is 0.308. The Morgan fingerprint density at radius 3 is 2.39 bits per heavy atom. The monoisotopic (exact) mass is 323 g/mol. The molecular formula is C19H27NO3. The Balaban J connectivity index is 2.23. The second-order valence-corrected chi connectivity index (χ2v) is 6.41. The van der Waals surface area contributed by atoms with Gasteiger partial charge in [-0.3, -0.25) is 4.79 Å². The van der Waals surface area contributed by atoms with Crippen molar-refractivity contribution in [2.45, 2.75) is 52.0 Å². The molecule has 2 rings (SSSR count). The quantitative estimate of drug-likeness (QED) is 0.844. The number of carbonyl (C=O) groups excluding carboxylic acids is 1. The molecule has 0 aliphatic heterocycles. The molecule has 0 bridgehead atoms. The third kappa shape index (κ3) is 5.08. The molecule has 1 aliphatic carbocycles. The van der Waals surface area contributed by atoms with Crippen molar-refractivity contribution in [3.63, 3.8) is 0 Å². The van der Waals surface area contributed by atoms with Crippen LogP contribution in [0.15, 0.2) is 30.2 Å². The van der Waals surface area contributed by atoms with Crippen LogP contribution >= 0.6 is 0 Å². The second kappa shape index (κ2) is 8.14. The number of amides is 1. The molecule has 1 aromatic carbocycles.